The summed E-state index contributed by atoms with van der Waals surface area (Å²) in [5, 5.41) is 2.97. The number of nitrogens with one attached hydrogen (secondary N) is 2. The Kier molecular flexibility index (Phi) is 10.1. The summed E-state index contributed by atoms with van der Waals surface area (Å²) >= 11 is 0. The minimum absolute atomic E-state index is 0.00906. The molecule has 1 aliphatic rings. The van der Waals surface area contributed by atoms with Crippen molar-refractivity contribution in [2.75, 3.05) is 0 Å². The van der Waals surface area contributed by atoms with Crippen molar-refractivity contribution in [2.45, 2.75) is 62.2 Å². The van der Waals surface area contributed by atoms with Gasteiger partial charge in [0.2, 0.25) is 21.8 Å². The summed E-state index contributed by atoms with van der Waals surface area (Å²) in [5.41, 5.74) is 3.21. The van der Waals surface area contributed by atoms with Crippen LogP contribution in [0.4, 0.5) is 4.39 Å². The van der Waals surface area contributed by atoms with Gasteiger partial charge in [-0.2, -0.15) is 0 Å². The number of aromatic nitrogens is 1. The molecule has 2 amide bonds. The second-order valence-corrected chi connectivity index (χ2v) is 12.7. The minimum atomic E-state index is -3.57. The number of sulfonamides is 1. The molecule has 3 aromatic carbocycles. The van der Waals surface area contributed by atoms with Gasteiger partial charge in [-0.3, -0.25) is 14.6 Å². The van der Waals surface area contributed by atoms with Crippen LogP contribution in [0, 0.1) is 5.82 Å². The normalized spacial score (nSPS) is 13.7. The summed E-state index contributed by atoms with van der Waals surface area (Å²) in [7, 11) is -3.57. The molecule has 8 nitrogen and oxygen atoms in total. The van der Waals surface area contributed by atoms with Crippen molar-refractivity contribution in [3.05, 3.63) is 131 Å². The van der Waals surface area contributed by atoms with E-state index in [-0.39, 0.29) is 54.5 Å². The summed E-state index contributed by atoms with van der Waals surface area (Å²) in [6, 6.07) is 24.7. The zero-order valence-corrected chi connectivity index (χ0v) is 25.0. The van der Waals surface area contributed by atoms with Crippen molar-refractivity contribution in [2.24, 2.45) is 0 Å². The SMILES string of the molecule is O=C(NCc1cccnc1)[C@@H](Cc1ccccc1)N(Cc1ccc(F)cc1)C(=O)CCc1ccc(S(=O)(=O)NC2CC2)cc1. The van der Waals surface area contributed by atoms with E-state index in [9.17, 15) is 22.4 Å². The Morgan fingerprint density at radius 2 is 1.55 bits per heavy atom. The molecule has 0 bridgehead atoms. The van der Waals surface area contributed by atoms with Crippen LogP contribution in [0.5, 0.6) is 0 Å². The fourth-order valence-electron chi connectivity index (χ4n) is 4.87. The summed E-state index contributed by atoms with van der Waals surface area (Å²) in [6.07, 6.45) is 5.75. The van der Waals surface area contributed by atoms with Gasteiger partial charge in [0, 0.05) is 44.4 Å². The molecular formula is C34H35FN4O4S. The van der Waals surface area contributed by atoms with Crippen molar-refractivity contribution < 1.29 is 22.4 Å². The van der Waals surface area contributed by atoms with Gasteiger partial charge >= 0.3 is 0 Å². The zero-order chi connectivity index (χ0) is 30.9. The quantitative estimate of drug-likeness (QED) is 0.217. The third kappa shape index (κ3) is 8.81. The molecule has 1 aliphatic carbocycles. The van der Waals surface area contributed by atoms with E-state index in [1.807, 2.05) is 36.4 Å². The second kappa shape index (κ2) is 14.4. The molecule has 0 unspecified atom stereocenters. The largest absolute Gasteiger partial charge is 0.350 e. The van der Waals surface area contributed by atoms with Crippen LogP contribution in [0.15, 0.2) is 108 Å². The number of aryl methyl sites for hydroxylation is 1. The Morgan fingerprint density at radius 3 is 2.20 bits per heavy atom. The van der Waals surface area contributed by atoms with E-state index >= 15 is 0 Å². The lowest BCUT2D eigenvalue weighted by molar-refractivity contribution is -0.141. The van der Waals surface area contributed by atoms with E-state index in [2.05, 4.69) is 15.0 Å². The molecule has 44 heavy (non-hydrogen) atoms. The molecule has 2 N–H and O–H groups in total. The van der Waals surface area contributed by atoms with Gasteiger partial charge in [-0.1, -0.05) is 60.7 Å². The fourth-order valence-corrected chi connectivity index (χ4v) is 6.17. The van der Waals surface area contributed by atoms with Crippen molar-refractivity contribution in [3.63, 3.8) is 0 Å². The molecule has 228 valence electrons. The average Bonchev–Trinajstić information content (AvgIpc) is 3.86. The number of pyridine rings is 1. The number of hydrogen-bond acceptors (Lipinski definition) is 5. The fraction of sp³-hybridized carbons (Fsp3) is 0.265. The molecule has 0 saturated heterocycles. The molecule has 1 atom stereocenters. The third-order valence-electron chi connectivity index (χ3n) is 7.49. The number of halogens is 1. The maximum Gasteiger partial charge on any atom is 0.243 e. The second-order valence-electron chi connectivity index (χ2n) is 11.0. The molecule has 5 rings (SSSR count). The standard InChI is InChI=1S/C34H35FN4O4S/c35-29-13-8-27(9-14-29)24-39(33(40)19-12-25-10-17-31(18-11-25)44(42,43)38-30-15-16-30)32(21-26-5-2-1-3-6-26)34(41)37-23-28-7-4-20-36-22-28/h1-11,13-14,17-18,20,22,30,32,38H,12,15-16,19,21,23-24H2,(H,37,41)/t32-/m1/s1. The van der Waals surface area contributed by atoms with Crippen LogP contribution in [0.2, 0.25) is 0 Å². The van der Waals surface area contributed by atoms with E-state index in [4.69, 9.17) is 0 Å². The molecule has 0 aliphatic heterocycles. The first-order valence-electron chi connectivity index (χ1n) is 14.6. The van der Waals surface area contributed by atoms with Crippen molar-refractivity contribution in [1.29, 1.82) is 0 Å². The van der Waals surface area contributed by atoms with E-state index < -0.39 is 16.1 Å². The van der Waals surface area contributed by atoms with E-state index in [1.165, 1.54) is 12.1 Å². The van der Waals surface area contributed by atoms with Gasteiger partial charge in [-0.15, -0.1) is 0 Å². The number of nitrogens with zero attached hydrogens (tertiary/aromatic N) is 2. The number of rotatable bonds is 14. The lowest BCUT2D eigenvalue weighted by Gasteiger charge is -2.31. The molecule has 0 radical (unpaired) electrons. The first-order chi connectivity index (χ1) is 21.3. The summed E-state index contributed by atoms with van der Waals surface area (Å²) in [6.45, 7) is 0.363. The van der Waals surface area contributed by atoms with Crippen LogP contribution in [-0.2, 0) is 45.5 Å². The van der Waals surface area contributed by atoms with Gasteiger partial charge in [0.05, 0.1) is 4.90 Å². The van der Waals surface area contributed by atoms with E-state index in [1.54, 1.807) is 59.8 Å². The third-order valence-corrected chi connectivity index (χ3v) is 9.02. The molecule has 0 spiro atoms. The van der Waals surface area contributed by atoms with Gasteiger partial charge < -0.3 is 10.2 Å². The van der Waals surface area contributed by atoms with Crippen LogP contribution < -0.4 is 10.0 Å². The van der Waals surface area contributed by atoms with Gasteiger partial charge in [0.25, 0.3) is 0 Å². The zero-order valence-electron chi connectivity index (χ0n) is 24.2. The van der Waals surface area contributed by atoms with Crippen LogP contribution in [0.3, 0.4) is 0 Å². The first-order valence-corrected chi connectivity index (χ1v) is 16.1. The highest BCUT2D eigenvalue weighted by Crippen LogP contribution is 2.23. The molecular weight excluding hydrogens is 579 g/mol. The van der Waals surface area contributed by atoms with Crippen molar-refractivity contribution >= 4 is 21.8 Å². The number of hydrogen-bond donors (Lipinski definition) is 2. The molecule has 1 saturated carbocycles. The van der Waals surface area contributed by atoms with Gasteiger partial charge in [-0.05, 0) is 71.8 Å². The Hall–Kier alpha value is -4.41. The summed E-state index contributed by atoms with van der Waals surface area (Å²) < 4.78 is 41.5. The smallest absolute Gasteiger partial charge is 0.243 e. The predicted octanol–water partition coefficient (Wildman–Crippen LogP) is 4.55. The number of amides is 2. The topological polar surface area (TPSA) is 108 Å². The maximum absolute atomic E-state index is 13.9. The van der Waals surface area contributed by atoms with Crippen LogP contribution in [0.25, 0.3) is 0 Å². The maximum atomic E-state index is 13.9. The van der Waals surface area contributed by atoms with E-state index in [0.717, 1.165) is 29.5 Å². The van der Waals surface area contributed by atoms with Gasteiger partial charge in [0.15, 0.2) is 0 Å². The molecule has 1 heterocycles. The highest BCUT2D eigenvalue weighted by molar-refractivity contribution is 7.89. The molecule has 1 fully saturated rings. The first kappa shape index (κ1) is 31.0. The predicted molar refractivity (Wildman–Crippen MR) is 165 cm³/mol. The van der Waals surface area contributed by atoms with Crippen molar-refractivity contribution in [1.82, 2.24) is 19.9 Å². The highest BCUT2D eigenvalue weighted by Gasteiger charge is 2.31. The van der Waals surface area contributed by atoms with Crippen molar-refractivity contribution in [3.8, 4) is 0 Å². The number of carbonyl (C=O) groups excluding carboxylic acids is 2. The molecule has 10 heteroatoms. The lowest BCUT2D eigenvalue weighted by Crippen LogP contribution is -2.50. The lowest BCUT2D eigenvalue weighted by atomic mass is 10.0. The number of benzene rings is 3. The molecule has 1 aromatic heterocycles. The average molecular weight is 615 g/mol. The summed E-state index contributed by atoms with van der Waals surface area (Å²) in [5.74, 6) is -0.954. The molecule has 4 aromatic rings. The van der Waals surface area contributed by atoms with Crippen LogP contribution in [0.1, 0.15) is 41.5 Å². The minimum Gasteiger partial charge on any atom is -0.350 e. The Morgan fingerprint density at radius 1 is 0.864 bits per heavy atom. The highest BCUT2D eigenvalue weighted by atomic mass is 32.2. The van der Waals surface area contributed by atoms with Gasteiger partial charge in [0.1, 0.15) is 11.9 Å². The van der Waals surface area contributed by atoms with E-state index in [0.29, 0.717) is 12.0 Å². The van der Waals surface area contributed by atoms with Gasteiger partial charge in [-0.25, -0.2) is 17.5 Å². The Balaban J connectivity index is 1.36. The Bertz CT molecular complexity index is 1650. The Labute approximate surface area is 257 Å². The monoisotopic (exact) mass is 614 g/mol. The summed E-state index contributed by atoms with van der Waals surface area (Å²) in [4.78, 5) is 33.5. The number of carbonyl (C=O) groups is 2. The van der Waals surface area contributed by atoms with Crippen LogP contribution >= 0.6 is 0 Å². The van der Waals surface area contributed by atoms with Crippen LogP contribution in [-0.4, -0.2) is 42.2 Å².